The van der Waals surface area contributed by atoms with Crippen molar-refractivity contribution in [1.82, 2.24) is 0 Å². The van der Waals surface area contributed by atoms with Crippen LogP contribution in [0, 0.1) is 0 Å². The van der Waals surface area contributed by atoms with E-state index in [1.807, 2.05) is 6.08 Å². The zero-order chi connectivity index (χ0) is 5.98. The van der Waals surface area contributed by atoms with Gasteiger partial charge in [-0.05, 0) is 19.3 Å². The van der Waals surface area contributed by atoms with Gasteiger partial charge in [-0.1, -0.05) is 17.7 Å². The van der Waals surface area contributed by atoms with Crippen LogP contribution in [0.1, 0.15) is 19.3 Å². The van der Waals surface area contributed by atoms with E-state index >= 15 is 0 Å². The molecule has 0 saturated carbocycles. The first kappa shape index (κ1) is 6.44. The number of alkyl halides is 1. The number of hydrogen-bond donors (Lipinski definition) is 0. The van der Waals surface area contributed by atoms with E-state index in [-0.39, 0.29) is 5.38 Å². The molecule has 0 radical (unpaired) electrons. The van der Waals surface area contributed by atoms with Crippen LogP contribution < -0.4 is 0 Å². The van der Waals surface area contributed by atoms with E-state index in [0.29, 0.717) is 0 Å². The second kappa shape index (κ2) is 2.75. The number of allylic oxidation sites excluding steroid dienone is 2. The highest BCUT2D eigenvalue weighted by atomic mass is 35.5. The van der Waals surface area contributed by atoms with Gasteiger partial charge < -0.3 is 0 Å². The maximum absolute atomic E-state index is 5.75. The predicted octanol–water partition coefficient (Wildman–Crippen LogP) is 2.90. The predicted molar refractivity (Wildman–Crippen MR) is 37.4 cm³/mol. The highest BCUT2D eigenvalue weighted by Gasteiger charge is 2.07. The summed E-state index contributed by atoms with van der Waals surface area (Å²) < 4.78 is 0. The van der Waals surface area contributed by atoms with Crippen molar-refractivity contribution in [2.24, 2.45) is 0 Å². The third-order valence-corrected chi connectivity index (χ3v) is 1.92. The molecule has 0 amide bonds. The van der Waals surface area contributed by atoms with Crippen molar-refractivity contribution in [3.8, 4) is 0 Å². The van der Waals surface area contributed by atoms with Crippen LogP contribution in [-0.2, 0) is 0 Å². The van der Waals surface area contributed by atoms with Gasteiger partial charge in [0.15, 0.2) is 0 Å². The fraction of sp³-hybridized carbons (Fsp3) is 0.667. The van der Waals surface area contributed by atoms with Gasteiger partial charge in [0.05, 0.1) is 5.38 Å². The number of rotatable bonds is 0. The summed E-state index contributed by atoms with van der Waals surface area (Å²) in [5, 5.41) is 1.12. The summed E-state index contributed by atoms with van der Waals surface area (Å²) in [5.74, 6) is 0. The molecular formula is C6H8Cl2. The third kappa shape index (κ3) is 1.68. The van der Waals surface area contributed by atoms with Crippen molar-refractivity contribution < 1.29 is 0 Å². The Morgan fingerprint density at radius 2 is 2.38 bits per heavy atom. The monoisotopic (exact) mass is 150 g/mol. The molecule has 1 rings (SSSR count). The van der Waals surface area contributed by atoms with Gasteiger partial charge in [-0.2, -0.15) is 0 Å². The third-order valence-electron chi connectivity index (χ3n) is 1.26. The molecule has 0 N–H and O–H groups in total. The first-order valence-electron chi connectivity index (χ1n) is 2.79. The van der Waals surface area contributed by atoms with Crippen LogP contribution in [0.5, 0.6) is 0 Å². The molecule has 0 aromatic carbocycles. The summed E-state index contributed by atoms with van der Waals surface area (Å²) in [7, 11) is 0. The van der Waals surface area contributed by atoms with Gasteiger partial charge in [0.2, 0.25) is 0 Å². The molecule has 0 heterocycles. The molecule has 0 spiro atoms. The lowest BCUT2D eigenvalue weighted by atomic mass is 10.1. The Balaban J connectivity index is 2.50. The van der Waals surface area contributed by atoms with E-state index in [1.165, 1.54) is 0 Å². The van der Waals surface area contributed by atoms with Crippen LogP contribution in [0.4, 0.5) is 0 Å². The second-order valence-corrected chi connectivity index (χ2v) is 3.07. The Kier molecular flexibility index (Phi) is 2.21. The molecular weight excluding hydrogens is 143 g/mol. The van der Waals surface area contributed by atoms with E-state index in [4.69, 9.17) is 23.2 Å². The molecule has 2 heteroatoms. The van der Waals surface area contributed by atoms with Crippen LogP contribution in [0.15, 0.2) is 11.1 Å². The van der Waals surface area contributed by atoms with E-state index in [1.54, 1.807) is 0 Å². The highest BCUT2D eigenvalue weighted by Crippen LogP contribution is 2.23. The lowest BCUT2D eigenvalue weighted by molar-refractivity contribution is 0.727. The molecule has 1 unspecified atom stereocenters. The van der Waals surface area contributed by atoms with E-state index in [9.17, 15) is 0 Å². The summed E-state index contributed by atoms with van der Waals surface area (Å²) in [5.41, 5.74) is 0. The zero-order valence-electron chi connectivity index (χ0n) is 4.53. The summed E-state index contributed by atoms with van der Waals surface area (Å²) >= 11 is 11.4. The fourth-order valence-electron chi connectivity index (χ4n) is 0.829. The van der Waals surface area contributed by atoms with Crippen LogP contribution in [0.3, 0.4) is 0 Å². The normalized spacial score (nSPS) is 29.8. The molecule has 1 aliphatic carbocycles. The molecule has 0 saturated heterocycles. The first-order valence-corrected chi connectivity index (χ1v) is 3.61. The standard InChI is InChI=1S/C6H8Cl2/c7-5-2-1-3-6(8)4-5/h4-5H,1-3H2. The van der Waals surface area contributed by atoms with E-state index in [0.717, 1.165) is 24.3 Å². The Bertz CT molecular complexity index is 107. The lowest BCUT2D eigenvalue weighted by Gasteiger charge is -2.10. The Morgan fingerprint density at radius 3 is 2.75 bits per heavy atom. The SMILES string of the molecule is ClC1=CC(Cl)CCC1. The van der Waals surface area contributed by atoms with Gasteiger partial charge in [-0.25, -0.2) is 0 Å². The summed E-state index contributed by atoms with van der Waals surface area (Å²) in [6.45, 7) is 0. The minimum atomic E-state index is 0.191. The van der Waals surface area contributed by atoms with E-state index in [2.05, 4.69) is 0 Å². The molecule has 1 aliphatic rings. The van der Waals surface area contributed by atoms with Crippen LogP contribution in [0.2, 0.25) is 0 Å². The maximum atomic E-state index is 5.75. The van der Waals surface area contributed by atoms with Crippen molar-refractivity contribution in [3.63, 3.8) is 0 Å². The van der Waals surface area contributed by atoms with Gasteiger partial charge in [0.1, 0.15) is 0 Å². The van der Waals surface area contributed by atoms with Crippen molar-refractivity contribution in [2.45, 2.75) is 24.6 Å². The van der Waals surface area contributed by atoms with Crippen LogP contribution >= 0.6 is 23.2 Å². The molecule has 0 aliphatic heterocycles. The number of halogens is 2. The van der Waals surface area contributed by atoms with Gasteiger partial charge in [0, 0.05) is 5.03 Å². The topological polar surface area (TPSA) is 0 Å². The lowest BCUT2D eigenvalue weighted by Crippen LogP contribution is -1.99. The zero-order valence-corrected chi connectivity index (χ0v) is 6.04. The Labute approximate surface area is 59.5 Å². The second-order valence-electron chi connectivity index (χ2n) is 2.02. The smallest absolute Gasteiger partial charge is 0.0530 e. The van der Waals surface area contributed by atoms with Gasteiger partial charge in [-0.3, -0.25) is 0 Å². The average Bonchev–Trinajstić information content (AvgIpc) is 1.64. The molecule has 0 fully saturated rings. The number of hydrogen-bond acceptors (Lipinski definition) is 0. The highest BCUT2D eigenvalue weighted by molar-refractivity contribution is 6.31. The summed E-state index contributed by atoms with van der Waals surface area (Å²) in [6, 6.07) is 0. The Hall–Kier alpha value is 0.320. The maximum Gasteiger partial charge on any atom is 0.0530 e. The van der Waals surface area contributed by atoms with E-state index < -0.39 is 0 Å². The minimum Gasteiger partial charge on any atom is -0.118 e. The van der Waals surface area contributed by atoms with Crippen molar-refractivity contribution in [2.75, 3.05) is 0 Å². The first-order chi connectivity index (χ1) is 3.79. The molecule has 46 valence electrons. The summed E-state index contributed by atoms with van der Waals surface area (Å²) in [4.78, 5) is 0. The van der Waals surface area contributed by atoms with Crippen LogP contribution in [-0.4, -0.2) is 5.38 Å². The van der Waals surface area contributed by atoms with Gasteiger partial charge >= 0.3 is 0 Å². The molecule has 0 aromatic rings. The molecule has 8 heavy (non-hydrogen) atoms. The minimum absolute atomic E-state index is 0.191. The fourth-order valence-corrected chi connectivity index (χ4v) is 1.49. The van der Waals surface area contributed by atoms with Gasteiger partial charge in [0.25, 0.3) is 0 Å². The Morgan fingerprint density at radius 1 is 1.62 bits per heavy atom. The van der Waals surface area contributed by atoms with Crippen LogP contribution in [0.25, 0.3) is 0 Å². The largest absolute Gasteiger partial charge is 0.118 e. The quantitative estimate of drug-likeness (QED) is 0.467. The molecule has 0 aromatic heterocycles. The average molecular weight is 151 g/mol. The molecule has 1 atom stereocenters. The summed E-state index contributed by atoms with van der Waals surface area (Å²) in [6.07, 6.45) is 5.17. The van der Waals surface area contributed by atoms with Crippen molar-refractivity contribution >= 4 is 23.2 Å². The van der Waals surface area contributed by atoms with Crippen molar-refractivity contribution in [1.29, 1.82) is 0 Å². The van der Waals surface area contributed by atoms with Crippen molar-refractivity contribution in [3.05, 3.63) is 11.1 Å². The molecule has 0 nitrogen and oxygen atoms in total. The van der Waals surface area contributed by atoms with Gasteiger partial charge in [-0.15, -0.1) is 11.6 Å². The molecule has 0 bridgehead atoms.